The first-order valence-electron chi connectivity index (χ1n) is 4.65. The molecule has 0 spiro atoms. The van der Waals surface area contributed by atoms with Crippen LogP contribution < -0.4 is 5.43 Å². The number of benzene rings is 1. The second-order valence-corrected chi connectivity index (χ2v) is 3.53. The minimum Gasteiger partial charge on any atom is -0.357 e. The zero-order valence-electron chi connectivity index (χ0n) is 7.97. The van der Waals surface area contributed by atoms with Gasteiger partial charge in [0.1, 0.15) is 17.2 Å². The molecule has 3 nitrogen and oxygen atoms in total. The molecule has 0 unspecified atom stereocenters. The summed E-state index contributed by atoms with van der Waals surface area (Å²) in [7, 11) is 0. The molecular formula is C11H6F2N2O. The predicted octanol–water partition coefficient (Wildman–Crippen LogP) is 2.29. The van der Waals surface area contributed by atoms with E-state index in [1.807, 2.05) is 0 Å². The lowest BCUT2D eigenvalue weighted by Gasteiger charge is -2.00. The third kappa shape index (κ3) is 1.08. The van der Waals surface area contributed by atoms with E-state index in [2.05, 4.69) is 9.97 Å². The molecule has 2 N–H and O–H groups in total. The minimum atomic E-state index is -0.768. The molecule has 0 aliphatic carbocycles. The Kier molecular flexibility index (Phi) is 1.65. The molecule has 0 radical (unpaired) electrons. The van der Waals surface area contributed by atoms with Gasteiger partial charge in [-0.05, 0) is 12.1 Å². The van der Waals surface area contributed by atoms with Gasteiger partial charge in [-0.15, -0.1) is 0 Å². The van der Waals surface area contributed by atoms with Crippen LogP contribution in [0.4, 0.5) is 8.78 Å². The number of fused-ring (bicyclic) bond motifs is 2. The number of halogens is 2. The van der Waals surface area contributed by atoms with E-state index < -0.39 is 17.1 Å². The van der Waals surface area contributed by atoms with Crippen molar-refractivity contribution in [2.24, 2.45) is 0 Å². The first-order valence-corrected chi connectivity index (χ1v) is 4.65. The smallest absolute Gasteiger partial charge is 0.213 e. The van der Waals surface area contributed by atoms with Crippen molar-refractivity contribution >= 4 is 21.9 Å². The van der Waals surface area contributed by atoms with E-state index in [1.165, 1.54) is 0 Å². The topological polar surface area (TPSA) is 48.6 Å². The molecule has 0 atom stereocenters. The summed E-state index contributed by atoms with van der Waals surface area (Å²) in [6, 6.07) is 3.40. The average molecular weight is 220 g/mol. The van der Waals surface area contributed by atoms with Crippen molar-refractivity contribution < 1.29 is 8.78 Å². The van der Waals surface area contributed by atoms with Gasteiger partial charge in [0.25, 0.3) is 0 Å². The highest BCUT2D eigenvalue weighted by Crippen LogP contribution is 2.17. The molecule has 0 amide bonds. The van der Waals surface area contributed by atoms with E-state index in [1.54, 1.807) is 12.3 Å². The van der Waals surface area contributed by atoms with Crippen molar-refractivity contribution in [3.8, 4) is 0 Å². The fourth-order valence-corrected chi connectivity index (χ4v) is 1.81. The van der Waals surface area contributed by atoms with Crippen LogP contribution >= 0.6 is 0 Å². The number of aromatic nitrogens is 2. The normalized spacial score (nSPS) is 11.4. The Bertz CT molecular complexity index is 758. The maximum Gasteiger partial charge on any atom is 0.213 e. The van der Waals surface area contributed by atoms with Gasteiger partial charge in [0.05, 0.1) is 16.4 Å². The number of rotatable bonds is 0. The van der Waals surface area contributed by atoms with Crippen LogP contribution in [0, 0.1) is 11.6 Å². The summed E-state index contributed by atoms with van der Waals surface area (Å²) in [5, 5.41) is 0.00690. The summed E-state index contributed by atoms with van der Waals surface area (Å²) in [5.74, 6) is -1.53. The first kappa shape index (κ1) is 9.08. The van der Waals surface area contributed by atoms with E-state index in [-0.39, 0.29) is 10.9 Å². The van der Waals surface area contributed by atoms with Gasteiger partial charge in [-0.3, -0.25) is 4.79 Å². The Labute approximate surface area is 87.7 Å². The summed E-state index contributed by atoms with van der Waals surface area (Å²) >= 11 is 0. The molecule has 0 saturated heterocycles. The molecule has 3 rings (SSSR count). The van der Waals surface area contributed by atoms with Crippen LogP contribution in [0.15, 0.2) is 29.2 Å². The Morgan fingerprint density at radius 2 is 1.94 bits per heavy atom. The van der Waals surface area contributed by atoms with Crippen LogP contribution in [0.2, 0.25) is 0 Å². The van der Waals surface area contributed by atoms with Crippen molar-refractivity contribution in [1.29, 1.82) is 0 Å². The van der Waals surface area contributed by atoms with Gasteiger partial charge in [-0.2, -0.15) is 0 Å². The van der Waals surface area contributed by atoms with Crippen LogP contribution in [-0.4, -0.2) is 9.97 Å². The molecule has 0 aliphatic rings. The Morgan fingerprint density at radius 3 is 2.75 bits per heavy atom. The van der Waals surface area contributed by atoms with Crippen LogP contribution in [0.5, 0.6) is 0 Å². The summed E-state index contributed by atoms with van der Waals surface area (Å²) in [6.45, 7) is 0. The molecule has 16 heavy (non-hydrogen) atoms. The Balaban J connectivity index is 2.67. The zero-order chi connectivity index (χ0) is 11.3. The van der Waals surface area contributed by atoms with Crippen LogP contribution in [0.1, 0.15) is 0 Å². The van der Waals surface area contributed by atoms with Crippen molar-refractivity contribution in [1.82, 2.24) is 9.97 Å². The molecule has 2 heterocycles. The molecule has 3 aromatic rings. The van der Waals surface area contributed by atoms with E-state index in [0.29, 0.717) is 11.0 Å². The third-order valence-corrected chi connectivity index (χ3v) is 2.53. The molecule has 0 aliphatic heterocycles. The van der Waals surface area contributed by atoms with Crippen molar-refractivity contribution in [2.75, 3.05) is 0 Å². The second-order valence-electron chi connectivity index (χ2n) is 3.53. The lowest BCUT2D eigenvalue weighted by atomic mass is 10.2. The predicted molar refractivity (Wildman–Crippen MR) is 56.3 cm³/mol. The molecular weight excluding hydrogens is 214 g/mol. The lowest BCUT2D eigenvalue weighted by molar-refractivity contribution is 0.590. The van der Waals surface area contributed by atoms with E-state index >= 15 is 0 Å². The SMILES string of the molecule is O=c1c2cc(F)cc(F)c2[nH]c2cc[nH]c12. The Hall–Kier alpha value is -2.17. The van der Waals surface area contributed by atoms with Crippen LogP contribution in [0.25, 0.3) is 21.9 Å². The fourth-order valence-electron chi connectivity index (χ4n) is 1.81. The van der Waals surface area contributed by atoms with Crippen molar-refractivity contribution in [3.63, 3.8) is 0 Å². The van der Waals surface area contributed by atoms with Crippen molar-refractivity contribution in [3.05, 3.63) is 46.3 Å². The Morgan fingerprint density at radius 1 is 1.12 bits per heavy atom. The fraction of sp³-hybridized carbons (Fsp3) is 0. The van der Waals surface area contributed by atoms with Gasteiger partial charge in [-0.1, -0.05) is 0 Å². The molecule has 2 aromatic heterocycles. The molecule has 0 saturated carbocycles. The highest BCUT2D eigenvalue weighted by atomic mass is 19.1. The van der Waals surface area contributed by atoms with E-state index in [4.69, 9.17) is 0 Å². The van der Waals surface area contributed by atoms with Crippen LogP contribution in [0.3, 0.4) is 0 Å². The standard InChI is InChI=1S/C11H6F2N2O/c12-5-3-6-9(7(13)4-5)15-8-1-2-14-10(8)11(6)16/h1-4,14H,(H,15,16). The van der Waals surface area contributed by atoms with Crippen LogP contribution in [-0.2, 0) is 0 Å². The van der Waals surface area contributed by atoms with Crippen molar-refractivity contribution in [2.45, 2.75) is 0 Å². The summed E-state index contributed by atoms with van der Waals surface area (Å²) < 4.78 is 26.4. The number of nitrogens with one attached hydrogen (secondary N) is 2. The van der Waals surface area contributed by atoms with Gasteiger partial charge in [0.15, 0.2) is 0 Å². The molecule has 1 aromatic carbocycles. The molecule has 80 valence electrons. The molecule has 0 bridgehead atoms. The second kappa shape index (κ2) is 2.91. The number of hydrogen-bond donors (Lipinski definition) is 2. The number of H-pyrrole nitrogens is 2. The highest BCUT2D eigenvalue weighted by molar-refractivity contribution is 5.90. The summed E-state index contributed by atoms with van der Waals surface area (Å²) in [4.78, 5) is 17.4. The van der Waals surface area contributed by atoms with Gasteiger partial charge < -0.3 is 9.97 Å². The van der Waals surface area contributed by atoms with Gasteiger partial charge in [0.2, 0.25) is 5.43 Å². The number of pyridine rings is 1. The lowest BCUT2D eigenvalue weighted by Crippen LogP contribution is -2.05. The van der Waals surface area contributed by atoms with Gasteiger partial charge >= 0.3 is 0 Å². The van der Waals surface area contributed by atoms with Gasteiger partial charge in [-0.25, -0.2) is 8.78 Å². The first-order chi connectivity index (χ1) is 7.66. The summed E-state index contributed by atoms with van der Waals surface area (Å²) in [6.07, 6.45) is 1.57. The highest BCUT2D eigenvalue weighted by Gasteiger charge is 2.11. The zero-order valence-corrected chi connectivity index (χ0v) is 7.97. The van der Waals surface area contributed by atoms with Gasteiger partial charge in [0, 0.05) is 12.3 Å². The largest absolute Gasteiger partial charge is 0.357 e. The number of aromatic amines is 2. The quantitative estimate of drug-likeness (QED) is 0.600. The third-order valence-electron chi connectivity index (χ3n) is 2.53. The molecule has 5 heteroatoms. The maximum absolute atomic E-state index is 13.4. The monoisotopic (exact) mass is 220 g/mol. The summed E-state index contributed by atoms with van der Waals surface area (Å²) in [5.41, 5.74) is 0.436. The maximum atomic E-state index is 13.4. The average Bonchev–Trinajstić information content (AvgIpc) is 2.68. The molecule has 0 fully saturated rings. The number of hydrogen-bond acceptors (Lipinski definition) is 1. The van der Waals surface area contributed by atoms with E-state index in [9.17, 15) is 13.6 Å². The van der Waals surface area contributed by atoms with E-state index in [0.717, 1.165) is 12.1 Å². The minimum absolute atomic E-state index is 0.00690.